The van der Waals surface area contributed by atoms with Gasteiger partial charge in [0.2, 0.25) is 0 Å². The molecule has 0 fully saturated rings. The van der Waals surface area contributed by atoms with Crippen LogP contribution in [0.5, 0.6) is 0 Å². The first-order valence-electron chi connectivity index (χ1n) is 2.95. The Hall–Kier alpha value is -0.940. The molecule has 0 bridgehead atoms. The molecule has 0 aliphatic carbocycles. The van der Waals surface area contributed by atoms with E-state index in [1.54, 1.807) is 0 Å². The number of H-pyrrole nitrogens is 1. The number of aromatic amines is 1. The van der Waals surface area contributed by atoms with Gasteiger partial charge in [-0.3, -0.25) is 5.10 Å². The second-order valence-corrected chi connectivity index (χ2v) is 1.93. The summed E-state index contributed by atoms with van der Waals surface area (Å²) in [6.45, 7) is -0.239. The summed E-state index contributed by atoms with van der Waals surface area (Å²) < 4.78 is 0. The zero-order valence-corrected chi connectivity index (χ0v) is 5.36. The topological polar surface area (TPSA) is 82.0 Å². The Bertz CT molecular complexity index is 171. The predicted molar refractivity (Wildman–Crippen MR) is 33.3 cm³/mol. The highest BCUT2D eigenvalue weighted by Crippen LogP contribution is 2.05. The summed E-state index contributed by atoms with van der Waals surface area (Å²) in [5.74, 6) is 0.187. The van der Waals surface area contributed by atoms with Crippen LogP contribution in [0, 0.1) is 0 Å². The third kappa shape index (κ3) is 1.31. The molecule has 0 aliphatic heterocycles. The van der Waals surface area contributed by atoms with Gasteiger partial charge in [0.15, 0.2) is 0 Å². The first-order chi connectivity index (χ1) is 4.88. The maximum Gasteiger partial charge on any atom is 0.137 e. The summed E-state index contributed by atoms with van der Waals surface area (Å²) in [5, 5.41) is 23.4. The van der Waals surface area contributed by atoms with Crippen molar-refractivity contribution >= 4 is 0 Å². The zero-order chi connectivity index (χ0) is 7.40. The van der Waals surface area contributed by atoms with E-state index in [0.717, 1.165) is 0 Å². The van der Waals surface area contributed by atoms with E-state index in [4.69, 9.17) is 10.2 Å². The average molecular weight is 143 g/mol. The number of aliphatic hydroxyl groups excluding tert-OH is 2. The standard InChI is InChI=1S/C5H9N3O2/c9-1-4(2-10)5-6-3-7-8-5/h3-4,9-10H,1-2H2,(H,6,7,8). The van der Waals surface area contributed by atoms with E-state index in [1.165, 1.54) is 6.33 Å². The van der Waals surface area contributed by atoms with Gasteiger partial charge in [-0.1, -0.05) is 0 Å². The Kier molecular flexibility index (Phi) is 2.35. The van der Waals surface area contributed by atoms with Gasteiger partial charge in [-0.05, 0) is 0 Å². The molecule has 0 radical (unpaired) electrons. The van der Waals surface area contributed by atoms with Crippen molar-refractivity contribution in [2.45, 2.75) is 5.92 Å². The maximum atomic E-state index is 8.65. The molecule has 1 rings (SSSR count). The van der Waals surface area contributed by atoms with Crippen molar-refractivity contribution in [2.24, 2.45) is 0 Å². The molecule has 0 spiro atoms. The lowest BCUT2D eigenvalue weighted by molar-refractivity contribution is 0.188. The number of rotatable bonds is 3. The molecule has 0 unspecified atom stereocenters. The second kappa shape index (κ2) is 3.28. The highest BCUT2D eigenvalue weighted by molar-refractivity contribution is 4.91. The summed E-state index contributed by atoms with van der Waals surface area (Å²) in [6, 6.07) is 0. The Morgan fingerprint density at radius 3 is 2.60 bits per heavy atom. The first-order valence-corrected chi connectivity index (χ1v) is 2.95. The van der Waals surface area contributed by atoms with E-state index >= 15 is 0 Å². The third-order valence-electron chi connectivity index (χ3n) is 1.26. The largest absolute Gasteiger partial charge is 0.396 e. The minimum atomic E-state index is -0.331. The maximum absolute atomic E-state index is 8.65. The van der Waals surface area contributed by atoms with Crippen molar-refractivity contribution in [1.82, 2.24) is 15.2 Å². The van der Waals surface area contributed by atoms with Gasteiger partial charge < -0.3 is 10.2 Å². The summed E-state index contributed by atoms with van der Waals surface area (Å²) >= 11 is 0. The van der Waals surface area contributed by atoms with E-state index in [-0.39, 0.29) is 19.1 Å². The van der Waals surface area contributed by atoms with Crippen molar-refractivity contribution < 1.29 is 10.2 Å². The van der Waals surface area contributed by atoms with E-state index in [0.29, 0.717) is 5.82 Å². The molecule has 3 N–H and O–H groups in total. The number of hydrogen-bond donors (Lipinski definition) is 3. The molecule has 1 aromatic heterocycles. The third-order valence-corrected chi connectivity index (χ3v) is 1.26. The van der Waals surface area contributed by atoms with Gasteiger partial charge in [0.05, 0.1) is 19.1 Å². The summed E-state index contributed by atoms with van der Waals surface area (Å²) in [7, 11) is 0. The van der Waals surface area contributed by atoms with Crippen LogP contribution in [0.4, 0.5) is 0 Å². The minimum Gasteiger partial charge on any atom is -0.396 e. The van der Waals surface area contributed by atoms with Crippen molar-refractivity contribution in [3.05, 3.63) is 12.2 Å². The Morgan fingerprint density at radius 2 is 2.20 bits per heavy atom. The molecule has 0 saturated carbocycles. The molecular formula is C5H9N3O2. The van der Waals surface area contributed by atoms with Crippen molar-refractivity contribution in [3.8, 4) is 0 Å². The molecule has 5 heteroatoms. The van der Waals surface area contributed by atoms with Crippen LogP contribution in [0.25, 0.3) is 0 Å². The summed E-state index contributed by atoms with van der Waals surface area (Å²) in [6.07, 6.45) is 1.34. The molecule has 0 atom stereocenters. The predicted octanol–water partition coefficient (Wildman–Crippen LogP) is -1.13. The van der Waals surface area contributed by atoms with Crippen LogP contribution in [-0.4, -0.2) is 38.6 Å². The number of nitrogens with zero attached hydrogens (tertiary/aromatic N) is 2. The lowest BCUT2D eigenvalue weighted by atomic mass is 10.2. The van der Waals surface area contributed by atoms with Crippen LogP contribution in [0.1, 0.15) is 11.7 Å². The molecule has 1 aromatic rings. The van der Waals surface area contributed by atoms with Gasteiger partial charge in [0.1, 0.15) is 12.2 Å². The fourth-order valence-electron chi connectivity index (χ4n) is 0.642. The fraction of sp³-hybridized carbons (Fsp3) is 0.600. The normalized spacial score (nSPS) is 10.7. The molecule has 0 aromatic carbocycles. The van der Waals surface area contributed by atoms with Gasteiger partial charge in [-0.15, -0.1) is 0 Å². The van der Waals surface area contributed by atoms with E-state index in [1.807, 2.05) is 0 Å². The van der Waals surface area contributed by atoms with E-state index in [9.17, 15) is 0 Å². The van der Waals surface area contributed by atoms with Crippen LogP contribution in [-0.2, 0) is 0 Å². The van der Waals surface area contributed by atoms with Crippen LogP contribution >= 0.6 is 0 Å². The smallest absolute Gasteiger partial charge is 0.137 e. The molecule has 0 aliphatic rings. The lowest BCUT2D eigenvalue weighted by Gasteiger charge is -2.04. The van der Waals surface area contributed by atoms with Crippen molar-refractivity contribution in [1.29, 1.82) is 0 Å². The van der Waals surface area contributed by atoms with Gasteiger partial charge in [0.25, 0.3) is 0 Å². The quantitative estimate of drug-likeness (QED) is 0.500. The molecule has 5 nitrogen and oxygen atoms in total. The van der Waals surface area contributed by atoms with E-state index < -0.39 is 0 Å². The number of aromatic nitrogens is 3. The SMILES string of the molecule is OCC(CO)c1ncn[nH]1. The van der Waals surface area contributed by atoms with Crippen LogP contribution in [0.3, 0.4) is 0 Å². The molecule has 0 amide bonds. The Balaban J connectivity index is 2.64. The van der Waals surface area contributed by atoms with Gasteiger partial charge in [0, 0.05) is 0 Å². The van der Waals surface area contributed by atoms with Crippen LogP contribution in [0.2, 0.25) is 0 Å². The summed E-state index contributed by atoms with van der Waals surface area (Å²) in [4.78, 5) is 3.77. The van der Waals surface area contributed by atoms with Crippen LogP contribution < -0.4 is 0 Å². The van der Waals surface area contributed by atoms with Crippen molar-refractivity contribution in [3.63, 3.8) is 0 Å². The number of aliphatic hydroxyl groups is 2. The monoisotopic (exact) mass is 143 g/mol. The Morgan fingerprint density at radius 1 is 1.50 bits per heavy atom. The minimum absolute atomic E-state index is 0.119. The molecule has 56 valence electrons. The van der Waals surface area contributed by atoms with Gasteiger partial charge in [-0.2, -0.15) is 5.10 Å². The average Bonchev–Trinajstić information content (AvgIpc) is 2.43. The fourth-order valence-corrected chi connectivity index (χ4v) is 0.642. The summed E-state index contributed by atoms with van der Waals surface area (Å²) in [5.41, 5.74) is 0. The molecule has 1 heterocycles. The molecule has 10 heavy (non-hydrogen) atoms. The van der Waals surface area contributed by atoms with E-state index in [2.05, 4.69) is 15.2 Å². The van der Waals surface area contributed by atoms with Crippen molar-refractivity contribution in [2.75, 3.05) is 13.2 Å². The molecular weight excluding hydrogens is 134 g/mol. The van der Waals surface area contributed by atoms with Crippen LogP contribution in [0.15, 0.2) is 6.33 Å². The number of nitrogens with one attached hydrogen (secondary N) is 1. The zero-order valence-electron chi connectivity index (χ0n) is 5.36. The highest BCUT2D eigenvalue weighted by Gasteiger charge is 2.10. The van der Waals surface area contributed by atoms with Gasteiger partial charge >= 0.3 is 0 Å². The second-order valence-electron chi connectivity index (χ2n) is 1.93. The van der Waals surface area contributed by atoms with Gasteiger partial charge in [-0.25, -0.2) is 4.98 Å². The number of hydrogen-bond acceptors (Lipinski definition) is 4. The highest BCUT2D eigenvalue weighted by atomic mass is 16.3. The first kappa shape index (κ1) is 7.17. The Labute approximate surface area is 57.7 Å². The lowest BCUT2D eigenvalue weighted by Crippen LogP contribution is -2.10. The molecule has 0 saturated heterocycles.